The average Bonchev–Trinajstić information content (AvgIpc) is 2.29. The molecule has 1 aromatic carbocycles. The van der Waals surface area contributed by atoms with Gasteiger partial charge in [-0.15, -0.1) is 0 Å². The summed E-state index contributed by atoms with van der Waals surface area (Å²) in [7, 11) is 1.93. The van der Waals surface area contributed by atoms with Crippen LogP contribution in [0.4, 0.5) is 0 Å². The van der Waals surface area contributed by atoms with Crippen LogP contribution in [0.1, 0.15) is 5.56 Å². The second-order valence-electron chi connectivity index (χ2n) is 2.88. The third-order valence-electron chi connectivity index (χ3n) is 2.00. The first-order valence-corrected chi connectivity index (χ1v) is 4.57. The van der Waals surface area contributed by atoms with Crippen LogP contribution < -0.4 is 0 Å². The van der Waals surface area contributed by atoms with Gasteiger partial charge in [0.2, 0.25) is 0 Å². The third kappa shape index (κ3) is 0.966. The number of aromatic nitrogens is 2. The number of halogens is 1. The molecule has 0 amide bonds. The van der Waals surface area contributed by atoms with E-state index >= 15 is 0 Å². The van der Waals surface area contributed by atoms with Crippen molar-refractivity contribution in [3.8, 4) is 0 Å². The first kappa shape index (κ1) is 7.80. The van der Waals surface area contributed by atoms with Gasteiger partial charge in [-0.05, 0) is 34.5 Å². The van der Waals surface area contributed by atoms with Gasteiger partial charge in [0, 0.05) is 12.4 Å². The van der Waals surface area contributed by atoms with Gasteiger partial charge in [0.25, 0.3) is 0 Å². The quantitative estimate of drug-likeness (QED) is 0.673. The second kappa shape index (κ2) is 2.59. The average molecular weight is 225 g/mol. The lowest BCUT2D eigenvalue weighted by molar-refractivity contribution is 0.761. The molecule has 0 aliphatic carbocycles. The second-order valence-corrected chi connectivity index (χ2v) is 3.63. The Morgan fingerprint density at radius 3 is 2.83 bits per heavy atom. The smallest absolute Gasteiger partial charge is 0.111 e. The standard InChI is InChI=1S/C9H9BrN2/c1-6-4-3-5-7-8(6)9(10)12(2)11-7/h3-5H,1-2H3. The maximum absolute atomic E-state index is 4.34. The molecule has 0 saturated carbocycles. The van der Waals surface area contributed by atoms with E-state index in [1.165, 1.54) is 10.9 Å². The van der Waals surface area contributed by atoms with E-state index in [0.717, 1.165) is 10.1 Å². The SMILES string of the molecule is Cc1cccc2nn(C)c(Br)c12. The Labute approximate surface area is 79.3 Å². The van der Waals surface area contributed by atoms with Crippen molar-refractivity contribution in [2.45, 2.75) is 6.92 Å². The van der Waals surface area contributed by atoms with E-state index in [0.29, 0.717) is 0 Å². The minimum atomic E-state index is 1.05. The van der Waals surface area contributed by atoms with E-state index in [9.17, 15) is 0 Å². The van der Waals surface area contributed by atoms with Crippen molar-refractivity contribution in [1.82, 2.24) is 9.78 Å². The number of benzene rings is 1. The van der Waals surface area contributed by atoms with Gasteiger partial charge in [0.1, 0.15) is 4.60 Å². The summed E-state index contributed by atoms with van der Waals surface area (Å²) in [6.45, 7) is 2.09. The molecule has 62 valence electrons. The molecule has 0 saturated heterocycles. The monoisotopic (exact) mass is 224 g/mol. The first-order chi connectivity index (χ1) is 5.70. The fourth-order valence-electron chi connectivity index (χ4n) is 1.37. The Hall–Kier alpha value is -0.830. The van der Waals surface area contributed by atoms with E-state index in [4.69, 9.17) is 0 Å². The summed E-state index contributed by atoms with van der Waals surface area (Å²) in [6.07, 6.45) is 0. The van der Waals surface area contributed by atoms with Crippen molar-refractivity contribution in [2.75, 3.05) is 0 Å². The molecule has 0 aliphatic rings. The third-order valence-corrected chi connectivity index (χ3v) is 2.91. The molecule has 2 rings (SSSR count). The molecule has 2 nitrogen and oxygen atoms in total. The van der Waals surface area contributed by atoms with Crippen LogP contribution >= 0.6 is 15.9 Å². The van der Waals surface area contributed by atoms with Gasteiger partial charge in [-0.2, -0.15) is 5.10 Å². The predicted molar refractivity (Wildman–Crippen MR) is 53.2 cm³/mol. The van der Waals surface area contributed by atoms with Crippen LogP contribution in [0.2, 0.25) is 0 Å². The Morgan fingerprint density at radius 1 is 1.42 bits per heavy atom. The Kier molecular flexibility index (Phi) is 1.68. The topological polar surface area (TPSA) is 17.8 Å². The Bertz CT molecular complexity index is 431. The first-order valence-electron chi connectivity index (χ1n) is 3.78. The van der Waals surface area contributed by atoms with Gasteiger partial charge < -0.3 is 0 Å². The fourth-order valence-corrected chi connectivity index (χ4v) is 1.97. The summed E-state index contributed by atoms with van der Waals surface area (Å²) in [5.74, 6) is 0. The van der Waals surface area contributed by atoms with Crippen molar-refractivity contribution in [1.29, 1.82) is 0 Å². The summed E-state index contributed by atoms with van der Waals surface area (Å²) >= 11 is 3.50. The van der Waals surface area contributed by atoms with Crippen molar-refractivity contribution in [2.24, 2.45) is 7.05 Å². The summed E-state index contributed by atoms with van der Waals surface area (Å²) in [5.41, 5.74) is 2.30. The maximum Gasteiger partial charge on any atom is 0.111 e. The minimum Gasteiger partial charge on any atom is -0.260 e. The lowest BCUT2D eigenvalue weighted by Crippen LogP contribution is -1.88. The molecule has 0 bridgehead atoms. The molecule has 0 unspecified atom stereocenters. The van der Waals surface area contributed by atoms with Gasteiger partial charge in [-0.1, -0.05) is 12.1 Å². The molecule has 0 N–H and O–H groups in total. The van der Waals surface area contributed by atoms with Crippen molar-refractivity contribution < 1.29 is 0 Å². The molecule has 0 aliphatic heterocycles. The molecule has 0 spiro atoms. The Morgan fingerprint density at radius 2 is 2.17 bits per heavy atom. The van der Waals surface area contributed by atoms with E-state index in [1.807, 2.05) is 23.9 Å². The molecule has 3 heteroatoms. The van der Waals surface area contributed by atoms with Crippen LogP contribution in [0.25, 0.3) is 10.9 Å². The van der Waals surface area contributed by atoms with E-state index in [2.05, 4.69) is 34.0 Å². The van der Waals surface area contributed by atoms with E-state index in [1.54, 1.807) is 0 Å². The molecular formula is C9H9BrN2. The minimum absolute atomic E-state index is 1.05. The number of nitrogens with zero attached hydrogens (tertiary/aromatic N) is 2. The highest BCUT2D eigenvalue weighted by atomic mass is 79.9. The van der Waals surface area contributed by atoms with E-state index < -0.39 is 0 Å². The largest absolute Gasteiger partial charge is 0.260 e. The van der Waals surface area contributed by atoms with Gasteiger partial charge >= 0.3 is 0 Å². The van der Waals surface area contributed by atoms with Crippen LogP contribution in [-0.2, 0) is 7.05 Å². The molecule has 0 fully saturated rings. The van der Waals surface area contributed by atoms with Gasteiger partial charge in [0.15, 0.2) is 0 Å². The number of hydrogen-bond donors (Lipinski definition) is 0. The molecule has 12 heavy (non-hydrogen) atoms. The van der Waals surface area contributed by atoms with Crippen molar-refractivity contribution in [3.63, 3.8) is 0 Å². The van der Waals surface area contributed by atoms with Gasteiger partial charge in [-0.3, -0.25) is 4.68 Å². The molecular weight excluding hydrogens is 216 g/mol. The van der Waals surface area contributed by atoms with Crippen LogP contribution in [0.15, 0.2) is 22.8 Å². The van der Waals surface area contributed by atoms with Crippen molar-refractivity contribution in [3.05, 3.63) is 28.4 Å². The van der Waals surface area contributed by atoms with Gasteiger partial charge in [0.05, 0.1) is 5.52 Å². The molecule has 0 atom stereocenters. The number of hydrogen-bond acceptors (Lipinski definition) is 1. The maximum atomic E-state index is 4.34. The zero-order valence-electron chi connectivity index (χ0n) is 7.00. The van der Waals surface area contributed by atoms with Crippen LogP contribution in [-0.4, -0.2) is 9.78 Å². The highest BCUT2D eigenvalue weighted by molar-refractivity contribution is 9.10. The normalized spacial score (nSPS) is 10.9. The Balaban J connectivity index is 2.97. The van der Waals surface area contributed by atoms with Crippen molar-refractivity contribution >= 4 is 26.8 Å². The lowest BCUT2D eigenvalue weighted by atomic mass is 10.1. The highest BCUT2D eigenvalue weighted by Gasteiger charge is 2.06. The zero-order valence-corrected chi connectivity index (χ0v) is 8.59. The summed E-state index contributed by atoms with van der Waals surface area (Å²) in [4.78, 5) is 0. The molecule has 1 heterocycles. The number of fused-ring (bicyclic) bond motifs is 1. The summed E-state index contributed by atoms with van der Waals surface area (Å²) < 4.78 is 2.90. The van der Waals surface area contributed by atoms with Crippen LogP contribution in [0.5, 0.6) is 0 Å². The lowest BCUT2D eigenvalue weighted by Gasteiger charge is -1.93. The number of aryl methyl sites for hydroxylation is 2. The fraction of sp³-hybridized carbons (Fsp3) is 0.222. The number of rotatable bonds is 0. The molecule has 2 aromatic rings. The highest BCUT2D eigenvalue weighted by Crippen LogP contribution is 2.25. The van der Waals surface area contributed by atoms with Crippen LogP contribution in [0, 0.1) is 6.92 Å². The summed E-state index contributed by atoms with van der Waals surface area (Å²) in [6, 6.07) is 6.14. The van der Waals surface area contributed by atoms with E-state index in [-0.39, 0.29) is 0 Å². The van der Waals surface area contributed by atoms with Gasteiger partial charge in [-0.25, -0.2) is 0 Å². The van der Waals surface area contributed by atoms with Crippen LogP contribution in [0.3, 0.4) is 0 Å². The predicted octanol–water partition coefficient (Wildman–Crippen LogP) is 2.64. The molecule has 0 radical (unpaired) electrons. The molecule has 1 aromatic heterocycles. The summed E-state index contributed by atoms with van der Waals surface area (Å²) in [5, 5.41) is 5.55. The zero-order chi connectivity index (χ0) is 8.72.